The number of benzene rings is 1. The topological polar surface area (TPSA) is 61.2 Å². The van der Waals surface area contributed by atoms with E-state index in [4.69, 9.17) is 26.1 Å². The monoisotopic (exact) mass is 420 g/mol. The number of nitrogens with one attached hydrogen (secondary N) is 1. The number of aromatic nitrogens is 3. The first-order chi connectivity index (χ1) is 13.8. The number of fused-ring (bicyclic) bond motifs is 1. The Kier molecular flexibility index (Phi) is 6.59. The predicted molar refractivity (Wildman–Crippen MR) is 113 cm³/mol. The zero-order valence-corrected chi connectivity index (χ0v) is 17.6. The van der Waals surface area contributed by atoms with Gasteiger partial charge in [0.15, 0.2) is 5.82 Å². The van der Waals surface area contributed by atoms with Crippen LogP contribution in [0.5, 0.6) is 0 Å². The molecule has 28 heavy (non-hydrogen) atoms. The minimum Gasteiger partial charge on any atom is -0.383 e. The quantitative estimate of drug-likeness (QED) is 0.558. The minimum absolute atomic E-state index is 0.609. The van der Waals surface area contributed by atoms with Crippen LogP contribution in [-0.4, -0.2) is 47.4 Å². The van der Waals surface area contributed by atoms with E-state index in [1.807, 2.05) is 12.1 Å². The molecule has 1 fully saturated rings. The first-order valence-electron chi connectivity index (χ1n) is 9.64. The van der Waals surface area contributed by atoms with E-state index in [9.17, 15) is 0 Å². The molecular weight excluding hydrogens is 396 g/mol. The van der Waals surface area contributed by atoms with Crippen molar-refractivity contribution >= 4 is 34.0 Å². The van der Waals surface area contributed by atoms with Crippen LogP contribution in [0.3, 0.4) is 0 Å². The molecule has 0 spiro atoms. The summed E-state index contributed by atoms with van der Waals surface area (Å²) in [4.78, 5) is 4.75. The van der Waals surface area contributed by atoms with Gasteiger partial charge in [0.2, 0.25) is 0 Å². The van der Waals surface area contributed by atoms with Crippen LogP contribution < -0.4 is 5.32 Å². The van der Waals surface area contributed by atoms with E-state index in [1.165, 1.54) is 11.5 Å². The molecule has 1 aliphatic rings. The van der Waals surface area contributed by atoms with Crippen LogP contribution in [0.15, 0.2) is 24.4 Å². The molecule has 8 heteroatoms. The lowest BCUT2D eigenvalue weighted by atomic mass is 10.0. The molecule has 3 aromatic rings. The van der Waals surface area contributed by atoms with Gasteiger partial charge in [-0.15, -0.1) is 0 Å². The van der Waals surface area contributed by atoms with E-state index in [2.05, 4.69) is 26.5 Å². The number of para-hydroxylation sites is 1. The first kappa shape index (κ1) is 19.8. The standard InChI is InChI=1S/C20H25ClN4O2S/c1-26-10-7-22-11-18-23-20(24-28-18)16-13-25(12-14-5-8-27-9-6-14)19-15(16)3-2-4-17(19)21/h2-4,13-14,22H,5-12H2,1H3. The predicted octanol–water partition coefficient (Wildman–Crippen LogP) is 3.98. The second kappa shape index (κ2) is 9.33. The lowest BCUT2D eigenvalue weighted by Crippen LogP contribution is -2.20. The normalized spacial score (nSPS) is 15.5. The molecule has 2 aromatic heterocycles. The van der Waals surface area contributed by atoms with E-state index in [0.717, 1.165) is 71.5 Å². The molecule has 0 unspecified atom stereocenters. The molecular formula is C20H25ClN4O2S. The molecule has 0 aliphatic carbocycles. The van der Waals surface area contributed by atoms with Crippen molar-refractivity contribution in [1.82, 2.24) is 19.2 Å². The van der Waals surface area contributed by atoms with Crippen LogP contribution in [0.25, 0.3) is 22.3 Å². The summed E-state index contributed by atoms with van der Waals surface area (Å²) in [6.07, 6.45) is 4.34. The zero-order chi connectivity index (χ0) is 19.3. The van der Waals surface area contributed by atoms with Crippen molar-refractivity contribution in [2.75, 3.05) is 33.5 Å². The van der Waals surface area contributed by atoms with Gasteiger partial charge >= 0.3 is 0 Å². The highest BCUT2D eigenvalue weighted by atomic mass is 35.5. The summed E-state index contributed by atoms with van der Waals surface area (Å²) in [7, 11) is 1.70. The Bertz CT molecular complexity index is 920. The van der Waals surface area contributed by atoms with E-state index in [0.29, 0.717) is 19.1 Å². The summed E-state index contributed by atoms with van der Waals surface area (Å²) in [6.45, 7) is 4.81. The molecule has 0 radical (unpaired) electrons. The molecule has 1 aromatic carbocycles. The van der Waals surface area contributed by atoms with Gasteiger partial charge in [-0.25, -0.2) is 4.98 Å². The summed E-state index contributed by atoms with van der Waals surface area (Å²) in [5, 5.41) is 6.17. The largest absolute Gasteiger partial charge is 0.383 e. The van der Waals surface area contributed by atoms with Crippen LogP contribution in [0, 0.1) is 5.92 Å². The summed E-state index contributed by atoms with van der Waals surface area (Å²) < 4.78 is 17.5. The molecule has 0 atom stereocenters. The molecule has 1 saturated heterocycles. The molecule has 1 aliphatic heterocycles. The lowest BCUT2D eigenvalue weighted by Gasteiger charge is -2.23. The van der Waals surface area contributed by atoms with Crippen molar-refractivity contribution in [3.63, 3.8) is 0 Å². The zero-order valence-electron chi connectivity index (χ0n) is 16.0. The number of methoxy groups -OCH3 is 1. The number of rotatable bonds is 8. The summed E-state index contributed by atoms with van der Waals surface area (Å²) in [5.41, 5.74) is 2.11. The highest BCUT2D eigenvalue weighted by Gasteiger charge is 2.20. The third-order valence-electron chi connectivity index (χ3n) is 5.11. The molecule has 0 saturated carbocycles. The maximum absolute atomic E-state index is 6.58. The van der Waals surface area contributed by atoms with Crippen LogP contribution in [0.4, 0.5) is 0 Å². The molecule has 150 valence electrons. The van der Waals surface area contributed by atoms with E-state index in [-0.39, 0.29) is 0 Å². The first-order valence-corrected chi connectivity index (χ1v) is 10.8. The second-order valence-corrected chi connectivity index (χ2v) is 8.31. The van der Waals surface area contributed by atoms with Crippen molar-refractivity contribution in [2.45, 2.75) is 25.9 Å². The van der Waals surface area contributed by atoms with Crippen molar-refractivity contribution in [3.05, 3.63) is 34.4 Å². The van der Waals surface area contributed by atoms with Gasteiger partial charge in [0.05, 0.1) is 17.1 Å². The number of halogens is 1. The van der Waals surface area contributed by atoms with Gasteiger partial charge in [-0.3, -0.25) is 0 Å². The van der Waals surface area contributed by atoms with E-state index < -0.39 is 0 Å². The fourth-order valence-corrected chi connectivity index (χ4v) is 4.56. The van der Waals surface area contributed by atoms with Gasteiger partial charge in [-0.05, 0) is 36.4 Å². The number of hydrogen-bond acceptors (Lipinski definition) is 6. The second-order valence-electron chi connectivity index (χ2n) is 7.07. The molecule has 0 amide bonds. The molecule has 3 heterocycles. The van der Waals surface area contributed by atoms with Crippen molar-refractivity contribution in [2.24, 2.45) is 5.92 Å². The van der Waals surface area contributed by atoms with Crippen molar-refractivity contribution < 1.29 is 9.47 Å². The Morgan fingerprint density at radius 2 is 2.21 bits per heavy atom. The Labute approximate surface area is 174 Å². The average molecular weight is 421 g/mol. The third-order valence-corrected chi connectivity index (χ3v) is 6.13. The highest BCUT2D eigenvalue weighted by Crippen LogP contribution is 2.35. The van der Waals surface area contributed by atoms with Crippen molar-refractivity contribution in [1.29, 1.82) is 0 Å². The molecule has 0 bridgehead atoms. The van der Waals surface area contributed by atoms with Gasteiger partial charge < -0.3 is 19.4 Å². The van der Waals surface area contributed by atoms with Gasteiger partial charge in [0.25, 0.3) is 0 Å². The fourth-order valence-electron chi connectivity index (χ4n) is 3.65. The molecule has 1 N–H and O–H groups in total. The average Bonchev–Trinajstić information content (AvgIpc) is 3.32. The maximum atomic E-state index is 6.58. The van der Waals surface area contributed by atoms with Crippen LogP contribution in [0.1, 0.15) is 17.8 Å². The van der Waals surface area contributed by atoms with E-state index >= 15 is 0 Å². The smallest absolute Gasteiger partial charge is 0.175 e. The highest BCUT2D eigenvalue weighted by molar-refractivity contribution is 7.05. The lowest BCUT2D eigenvalue weighted by molar-refractivity contribution is 0.0616. The Hall–Kier alpha value is -1.51. The van der Waals surface area contributed by atoms with Crippen LogP contribution >= 0.6 is 23.1 Å². The summed E-state index contributed by atoms with van der Waals surface area (Å²) >= 11 is 8.02. The van der Waals surface area contributed by atoms with Crippen molar-refractivity contribution in [3.8, 4) is 11.4 Å². The summed E-state index contributed by atoms with van der Waals surface area (Å²) in [5.74, 6) is 1.38. The minimum atomic E-state index is 0.609. The Morgan fingerprint density at radius 3 is 3.04 bits per heavy atom. The number of hydrogen-bond donors (Lipinski definition) is 1. The number of ether oxygens (including phenoxy) is 2. The van der Waals surface area contributed by atoms with Crippen LogP contribution in [0.2, 0.25) is 5.02 Å². The van der Waals surface area contributed by atoms with Gasteiger partial charge in [-0.2, -0.15) is 4.37 Å². The third kappa shape index (κ3) is 4.39. The summed E-state index contributed by atoms with van der Waals surface area (Å²) in [6, 6.07) is 6.05. The van der Waals surface area contributed by atoms with Crippen LogP contribution in [-0.2, 0) is 22.6 Å². The maximum Gasteiger partial charge on any atom is 0.175 e. The van der Waals surface area contributed by atoms with Gasteiger partial charge in [0, 0.05) is 57.1 Å². The Balaban J connectivity index is 1.60. The molecule has 4 rings (SSSR count). The fraction of sp³-hybridized carbons (Fsp3) is 0.500. The Morgan fingerprint density at radius 1 is 1.36 bits per heavy atom. The SMILES string of the molecule is COCCNCc1nc(-c2cn(CC3CCOCC3)c3c(Cl)cccc23)ns1. The number of nitrogens with zero attached hydrogens (tertiary/aromatic N) is 3. The van der Waals surface area contributed by atoms with Gasteiger partial charge in [-0.1, -0.05) is 23.7 Å². The van der Waals surface area contributed by atoms with Gasteiger partial charge in [0.1, 0.15) is 5.01 Å². The molecule has 6 nitrogen and oxygen atoms in total. The van der Waals surface area contributed by atoms with E-state index in [1.54, 1.807) is 7.11 Å².